The van der Waals surface area contributed by atoms with Crippen LogP contribution < -0.4 is 5.32 Å². The van der Waals surface area contributed by atoms with Crippen LogP contribution in [0.2, 0.25) is 0 Å². The number of esters is 1. The average Bonchev–Trinajstić information content (AvgIpc) is 2.36. The highest BCUT2D eigenvalue weighted by Crippen LogP contribution is 2.06. The van der Waals surface area contributed by atoms with Gasteiger partial charge in [0, 0.05) is 18.6 Å². The van der Waals surface area contributed by atoms with E-state index in [1.54, 1.807) is 0 Å². The molecule has 0 aromatic heterocycles. The van der Waals surface area contributed by atoms with Crippen LogP contribution in [0.15, 0.2) is 0 Å². The number of carbonyl (C=O) groups excluding carboxylic acids is 1. The summed E-state index contributed by atoms with van der Waals surface area (Å²) in [4.78, 5) is 14.1. The van der Waals surface area contributed by atoms with Gasteiger partial charge in [0.2, 0.25) is 0 Å². The van der Waals surface area contributed by atoms with Gasteiger partial charge >= 0.3 is 5.97 Å². The zero-order chi connectivity index (χ0) is 14.1. The Morgan fingerprint density at radius 3 is 2.28 bits per heavy atom. The van der Waals surface area contributed by atoms with Crippen LogP contribution in [-0.4, -0.2) is 49.2 Å². The Balaban J connectivity index is 4.35. The number of hydrogen-bond donors (Lipinski definition) is 1. The first kappa shape index (κ1) is 17.4. The molecule has 0 aliphatic carbocycles. The lowest BCUT2D eigenvalue weighted by atomic mass is 10.1. The third-order valence-electron chi connectivity index (χ3n) is 3.35. The molecule has 2 atom stereocenters. The Labute approximate surface area is 112 Å². The topological polar surface area (TPSA) is 41.6 Å². The van der Waals surface area contributed by atoms with Crippen LogP contribution >= 0.6 is 0 Å². The summed E-state index contributed by atoms with van der Waals surface area (Å²) < 4.78 is 4.85. The molecule has 0 aromatic carbocycles. The van der Waals surface area contributed by atoms with Gasteiger partial charge in [-0.2, -0.15) is 0 Å². The van der Waals surface area contributed by atoms with Crippen LogP contribution in [0, 0.1) is 0 Å². The van der Waals surface area contributed by atoms with Crippen molar-refractivity contribution in [2.45, 2.75) is 65.6 Å². The molecule has 0 aliphatic heterocycles. The van der Waals surface area contributed by atoms with Gasteiger partial charge in [0.25, 0.3) is 0 Å². The Morgan fingerprint density at radius 1 is 1.28 bits per heavy atom. The number of nitrogens with one attached hydrogen (secondary N) is 1. The minimum Gasteiger partial charge on any atom is -0.468 e. The predicted molar refractivity (Wildman–Crippen MR) is 75.7 cm³/mol. The average molecular weight is 258 g/mol. The highest BCUT2D eigenvalue weighted by atomic mass is 16.5. The fourth-order valence-electron chi connectivity index (χ4n) is 2.06. The van der Waals surface area contributed by atoms with E-state index in [4.69, 9.17) is 4.74 Å². The third-order valence-corrected chi connectivity index (χ3v) is 3.35. The molecule has 1 N–H and O–H groups in total. The first-order chi connectivity index (χ1) is 8.46. The first-order valence-electron chi connectivity index (χ1n) is 7.04. The molecule has 0 fully saturated rings. The molecule has 0 bridgehead atoms. The number of ether oxygens (including phenoxy) is 1. The third kappa shape index (κ3) is 6.36. The Bertz CT molecular complexity index is 232. The van der Waals surface area contributed by atoms with Gasteiger partial charge in [0.1, 0.15) is 6.04 Å². The first-order valence-corrected chi connectivity index (χ1v) is 7.04. The minimum absolute atomic E-state index is 0.163. The fourth-order valence-corrected chi connectivity index (χ4v) is 2.06. The predicted octanol–water partition coefficient (Wildman–Crippen LogP) is 2.04. The monoisotopic (exact) mass is 258 g/mol. The van der Waals surface area contributed by atoms with Crippen LogP contribution in [0.1, 0.15) is 47.5 Å². The number of carbonyl (C=O) groups is 1. The van der Waals surface area contributed by atoms with E-state index in [0.717, 1.165) is 25.9 Å². The van der Waals surface area contributed by atoms with Gasteiger partial charge in [-0.25, -0.2) is 0 Å². The standard InChI is InChI=1S/C14H30N2O2/c1-7-12(5)16(8-2)10-9-13(14(17)18-6)15-11(3)4/h11-13,15H,7-10H2,1-6H3. The van der Waals surface area contributed by atoms with Crippen LogP contribution in [0.5, 0.6) is 0 Å². The highest BCUT2D eigenvalue weighted by molar-refractivity contribution is 5.75. The highest BCUT2D eigenvalue weighted by Gasteiger charge is 2.21. The number of hydrogen-bond acceptors (Lipinski definition) is 4. The van der Waals surface area contributed by atoms with Crippen molar-refractivity contribution in [2.24, 2.45) is 0 Å². The Morgan fingerprint density at radius 2 is 1.89 bits per heavy atom. The second-order valence-electron chi connectivity index (χ2n) is 5.07. The van der Waals surface area contributed by atoms with E-state index in [0.29, 0.717) is 6.04 Å². The van der Waals surface area contributed by atoms with E-state index in [1.165, 1.54) is 7.11 Å². The van der Waals surface area contributed by atoms with Crippen LogP contribution in [-0.2, 0) is 9.53 Å². The van der Waals surface area contributed by atoms with Gasteiger partial charge in [0.15, 0.2) is 0 Å². The lowest BCUT2D eigenvalue weighted by Gasteiger charge is -2.29. The van der Waals surface area contributed by atoms with Crippen LogP contribution in [0.25, 0.3) is 0 Å². The van der Waals surface area contributed by atoms with Gasteiger partial charge in [-0.3, -0.25) is 4.79 Å². The second kappa shape index (κ2) is 9.34. The van der Waals surface area contributed by atoms with Gasteiger partial charge in [-0.05, 0) is 26.3 Å². The Hall–Kier alpha value is -0.610. The van der Waals surface area contributed by atoms with E-state index >= 15 is 0 Å². The van der Waals surface area contributed by atoms with Gasteiger partial charge in [0.05, 0.1) is 7.11 Å². The molecule has 0 spiro atoms. The fraction of sp³-hybridized carbons (Fsp3) is 0.929. The van der Waals surface area contributed by atoms with Crippen LogP contribution in [0.3, 0.4) is 0 Å². The lowest BCUT2D eigenvalue weighted by Crippen LogP contribution is -2.44. The van der Waals surface area contributed by atoms with Crippen molar-refractivity contribution in [3.8, 4) is 0 Å². The van der Waals surface area contributed by atoms with E-state index in [-0.39, 0.29) is 18.1 Å². The summed E-state index contributed by atoms with van der Waals surface area (Å²) in [5.41, 5.74) is 0. The molecule has 0 saturated carbocycles. The largest absolute Gasteiger partial charge is 0.468 e. The summed E-state index contributed by atoms with van der Waals surface area (Å²) >= 11 is 0. The van der Waals surface area contributed by atoms with Crippen molar-refractivity contribution in [3.63, 3.8) is 0 Å². The number of methoxy groups -OCH3 is 1. The summed E-state index contributed by atoms with van der Waals surface area (Å²) in [5, 5.41) is 3.27. The molecule has 0 radical (unpaired) electrons. The van der Waals surface area contributed by atoms with Gasteiger partial charge in [-0.1, -0.05) is 27.7 Å². The SMILES string of the molecule is CCC(C)N(CC)CCC(NC(C)C)C(=O)OC. The molecule has 0 aliphatic rings. The summed E-state index contributed by atoms with van der Waals surface area (Å²) in [7, 11) is 1.45. The van der Waals surface area contributed by atoms with E-state index in [9.17, 15) is 4.79 Å². The van der Waals surface area contributed by atoms with Gasteiger partial charge in [-0.15, -0.1) is 0 Å². The van der Waals surface area contributed by atoms with Crippen LogP contribution in [0.4, 0.5) is 0 Å². The normalized spacial score (nSPS) is 14.9. The Kier molecular flexibility index (Phi) is 9.02. The summed E-state index contributed by atoms with van der Waals surface area (Å²) in [6, 6.07) is 0.647. The second-order valence-corrected chi connectivity index (χ2v) is 5.07. The smallest absolute Gasteiger partial charge is 0.322 e. The summed E-state index contributed by atoms with van der Waals surface area (Å²) in [5.74, 6) is -0.163. The molecule has 0 rings (SSSR count). The minimum atomic E-state index is -0.201. The van der Waals surface area contributed by atoms with Crippen molar-refractivity contribution in [1.29, 1.82) is 0 Å². The maximum atomic E-state index is 11.7. The molecular weight excluding hydrogens is 228 g/mol. The molecule has 18 heavy (non-hydrogen) atoms. The zero-order valence-electron chi connectivity index (χ0n) is 12.8. The molecule has 0 heterocycles. The van der Waals surface area contributed by atoms with E-state index in [2.05, 4.69) is 31.0 Å². The van der Waals surface area contributed by atoms with Crippen molar-refractivity contribution >= 4 is 5.97 Å². The van der Waals surface area contributed by atoms with Crippen molar-refractivity contribution in [2.75, 3.05) is 20.2 Å². The summed E-state index contributed by atoms with van der Waals surface area (Å²) in [6.07, 6.45) is 1.93. The zero-order valence-corrected chi connectivity index (χ0v) is 12.8. The number of nitrogens with zero attached hydrogens (tertiary/aromatic N) is 1. The summed E-state index contributed by atoms with van der Waals surface area (Å²) in [6.45, 7) is 12.6. The molecule has 0 amide bonds. The lowest BCUT2D eigenvalue weighted by molar-refractivity contribution is -0.143. The molecule has 108 valence electrons. The van der Waals surface area contributed by atoms with E-state index in [1.807, 2.05) is 13.8 Å². The molecule has 0 saturated heterocycles. The van der Waals surface area contributed by atoms with Crippen molar-refractivity contribution in [1.82, 2.24) is 10.2 Å². The van der Waals surface area contributed by atoms with Crippen molar-refractivity contribution < 1.29 is 9.53 Å². The molecule has 4 nitrogen and oxygen atoms in total. The molecule has 0 aromatic rings. The quantitative estimate of drug-likeness (QED) is 0.643. The molecular formula is C14H30N2O2. The maximum Gasteiger partial charge on any atom is 0.322 e. The van der Waals surface area contributed by atoms with E-state index < -0.39 is 0 Å². The number of rotatable bonds is 9. The van der Waals surface area contributed by atoms with Gasteiger partial charge < -0.3 is 15.0 Å². The molecule has 2 unspecified atom stereocenters. The van der Waals surface area contributed by atoms with Crippen molar-refractivity contribution in [3.05, 3.63) is 0 Å². The maximum absolute atomic E-state index is 11.7. The molecule has 4 heteroatoms.